The van der Waals surface area contributed by atoms with Crippen LogP contribution in [-0.2, 0) is 0 Å². The molecule has 0 amide bonds. The van der Waals surface area contributed by atoms with E-state index in [1.165, 1.54) is 11.1 Å². The van der Waals surface area contributed by atoms with Crippen LogP contribution in [0, 0.1) is 22.7 Å². The summed E-state index contributed by atoms with van der Waals surface area (Å²) in [6.07, 6.45) is 16.5. The lowest BCUT2D eigenvalue weighted by molar-refractivity contribution is 1.20. The molecule has 0 atom stereocenters. The van der Waals surface area contributed by atoms with Gasteiger partial charge in [-0.3, -0.25) is 0 Å². The van der Waals surface area contributed by atoms with Crippen molar-refractivity contribution in [2.24, 2.45) is 0 Å². The summed E-state index contributed by atoms with van der Waals surface area (Å²) in [5.74, 6) is 0. The van der Waals surface area contributed by atoms with Crippen LogP contribution in [0.25, 0.3) is 0 Å². The van der Waals surface area contributed by atoms with Crippen molar-refractivity contribution >= 4 is 0 Å². The van der Waals surface area contributed by atoms with E-state index in [2.05, 4.69) is 0 Å². The lowest BCUT2D eigenvalue weighted by Gasteiger charge is -2.06. The Morgan fingerprint density at radius 1 is 0.882 bits per heavy atom. The molecule has 17 heavy (non-hydrogen) atoms. The summed E-state index contributed by atoms with van der Waals surface area (Å²) in [5.41, 5.74) is 3.14. The van der Waals surface area contributed by atoms with Crippen molar-refractivity contribution in [2.75, 3.05) is 0 Å². The Balaban J connectivity index is 2.52. The second kappa shape index (κ2) is 4.96. The predicted octanol–water partition coefficient (Wildman–Crippen LogP) is 3.27. The van der Waals surface area contributed by atoms with Crippen LogP contribution in [-0.4, -0.2) is 0 Å². The van der Waals surface area contributed by atoms with Crippen LogP contribution >= 0.6 is 0 Å². The van der Waals surface area contributed by atoms with E-state index >= 15 is 0 Å². The molecule has 2 heteroatoms. The fourth-order valence-corrected chi connectivity index (χ4v) is 1.71. The third-order valence-electron chi connectivity index (χ3n) is 2.61. The molecule has 0 aromatic carbocycles. The van der Waals surface area contributed by atoms with Crippen molar-refractivity contribution in [3.8, 4) is 12.1 Å². The van der Waals surface area contributed by atoms with Crippen LogP contribution in [0.15, 0.2) is 70.9 Å². The van der Waals surface area contributed by atoms with E-state index in [1.54, 1.807) is 0 Å². The maximum Gasteiger partial charge on any atom is 0.136 e. The minimum absolute atomic E-state index is 0.144. The second-order valence-electron chi connectivity index (χ2n) is 3.77. The van der Waals surface area contributed by atoms with E-state index < -0.39 is 0 Å². The van der Waals surface area contributed by atoms with Gasteiger partial charge < -0.3 is 0 Å². The highest BCUT2D eigenvalue weighted by Gasteiger charge is 2.05. The minimum atomic E-state index is 0.144. The standard InChI is InChI=1S/C15H10N2/c16-10-15(11-17)14-7-5-12-3-1-2-4-13(9-12)6-8-14/h1-8H,9H2/b7-5-,8-6-. The zero-order valence-corrected chi connectivity index (χ0v) is 9.22. The Kier molecular flexibility index (Phi) is 3.19. The predicted molar refractivity (Wildman–Crippen MR) is 66.5 cm³/mol. The van der Waals surface area contributed by atoms with Crippen molar-refractivity contribution in [2.45, 2.75) is 6.42 Å². The average Bonchev–Trinajstić information content (AvgIpc) is 2.57. The van der Waals surface area contributed by atoms with Crippen molar-refractivity contribution in [1.29, 1.82) is 10.5 Å². The third-order valence-corrected chi connectivity index (χ3v) is 2.61. The van der Waals surface area contributed by atoms with E-state index in [9.17, 15) is 0 Å². The van der Waals surface area contributed by atoms with Gasteiger partial charge in [-0.15, -0.1) is 0 Å². The van der Waals surface area contributed by atoms with E-state index in [0.717, 1.165) is 6.42 Å². The molecule has 0 fully saturated rings. The Morgan fingerprint density at radius 3 is 1.88 bits per heavy atom. The summed E-state index contributed by atoms with van der Waals surface area (Å²) < 4.78 is 0. The maximum atomic E-state index is 8.86. The van der Waals surface area contributed by atoms with Crippen LogP contribution in [0.4, 0.5) is 0 Å². The van der Waals surface area contributed by atoms with Gasteiger partial charge in [0.25, 0.3) is 0 Å². The largest absolute Gasteiger partial charge is 0.192 e. The minimum Gasteiger partial charge on any atom is -0.192 e. The van der Waals surface area contributed by atoms with Crippen molar-refractivity contribution < 1.29 is 0 Å². The Bertz CT molecular complexity index is 544. The smallest absolute Gasteiger partial charge is 0.136 e. The zero-order chi connectivity index (χ0) is 12.1. The average molecular weight is 218 g/mol. The maximum absolute atomic E-state index is 8.86. The van der Waals surface area contributed by atoms with Crippen molar-refractivity contribution in [3.05, 3.63) is 70.9 Å². The molecule has 2 rings (SSSR count). The summed E-state index contributed by atoms with van der Waals surface area (Å²) in [7, 11) is 0. The van der Waals surface area contributed by atoms with Crippen molar-refractivity contribution in [3.63, 3.8) is 0 Å². The Morgan fingerprint density at radius 2 is 1.41 bits per heavy atom. The molecule has 0 aliphatic heterocycles. The van der Waals surface area contributed by atoms with Crippen molar-refractivity contribution in [1.82, 2.24) is 0 Å². The first-order chi connectivity index (χ1) is 8.33. The molecule has 0 spiro atoms. The second-order valence-corrected chi connectivity index (χ2v) is 3.77. The Hall–Kier alpha value is -2.58. The number of hydrogen-bond donors (Lipinski definition) is 0. The molecular weight excluding hydrogens is 208 g/mol. The van der Waals surface area contributed by atoms with E-state index in [4.69, 9.17) is 10.5 Å². The summed E-state index contributed by atoms with van der Waals surface area (Å²) in [6, 6.07) is 3.82. The van der Waals surface area contributed by atoms with E-state index in [-0.39, 0.29) is 5.57 Å². The topological polar surface area (TPSA) is 47.6 Å². The van der Waals surface area contributed by atoms with Crippen LogP contribution in [0.3, 0.4) is 0 Å². The molecule has 2 bridgehead atoms. The SMILES string of the molecule is N#CC(C#N)=C1/C=C\C2=CC=CC=C(/C=C\1)C2. The van der Waals surface area contributed by atoms with Gasteiger partial charge in [0.2, 0.25) is 0 Å². The molecule has 0 aromatic rings. The van der Waals surface area contributed by atoms with Crippen LogP contribution in [0.5, 0.6) is 0 Å². The molecule has 2 aliphatic carbocycles. The number of allylic oxidation sites excluding steroid dienone is 12. The molecule has 0 unspecified atom stereocenters. The summed E-state index contributed by atoms with van der Waals surface area (Å²) >= 11 is 0. The highest BCUT2D eigenvalue weighted by molar-refractivity contribution is 5.54. The van der Waals surface area contributed by atoms with Gasteiger partial charge in [0.1, 0.15) is 17.7 Å². The highest BCUT2D eigenvalue weighted by Crippen LogP contribution is 2.22. The van der Waals surface area contributed by atoms with Gasteiger partial charge in [-0.2, -0.15) is 10.5 Å². The van der Waals surface area contributed by atoms with Crippen LogP contribution in [0.2, 0.25) is 0 Å². The molecule has 0 saturated carbocycles. The zero-order valence-electron chi connectivity index (χ0n) is 9.22. The van der Waals surface area contributed by atoms with Crippen LogP contribution in [0.1, 0.15) is 6.42 Å². The number of hydrogen-bond acceptors (Lipinski definition) is 2. The monoisotopic (exact) mass is 218 g/mol. The molecule has 2 aliphatic rings. The number of fused-ring (bicyclic) bond motifs is 2. The fraction of sp³-hybridized carbons (Fsp3) is 0.0667. The lowest BCUT2D eigenvalue weighted by Crippen LogP contribution is -1.89. The number of nitriles is 2. The van der Waals surface area contributed by atoms with E-state index in [0.29, 0.717) is 5.57 Å². The molecule has 2 nitrogen and oxygen atoms in total. The Labute approximate surface area is 100 Å². The van der Waals surface area contributed by atoms with Gasteiger partial charge in [-0.1, -0.05) is 48.6 Å². The van der Waals surface area contributed by atoms with Gasteiger partial charge in [0, 0.05) is 5.57 Å². The van der Waals surface area contributed by atoms with Gasteiger partial charge >= 0.3 is 0 Å². The first-order valence-corrected chi connectivity index (χ1v) is 5.30. The first-order valence-electron chi connectivity index (χ1n) is 5.30. The van der Waals surface area contributed by atoms with Gasteiger partial charge in [0.15, 0.2) is 0 Å². The van der Waals surface area contributed by atoms with E-state index in [1.807, 2.05) is 60.7 Å². The van der Waals surface area contributed by atoms with Gasteiger partial charge in [0.05, 0.1) is 0 Å². The number of nitrogens with zero attached hydrogens (tertiary/aromatic N) is 2. The number of rotatable bonds is 0. The first kappa shape index (κ1) is 10.9. The summed E-state index contributed by atoms with van der Waals surface area (Å²) in [6.45, 7) is 0. The lowest BCUT2D eigenvalue weighted by atomic mass is 9.98. The molecule has 0 heterocycles. The molecule has 0 N–H and O–H groups in total. The quantitative estimate of drug-likeness (QED) is 0.586. The van der Waals surface area contributed by atoms with Crippen LogP contribution < -0.4 is 0 Å². The summed E-state index contributed by atoms with van der Waals surface area (Å²) in [5, 5.41) is 17.7. The molecule has 0 aromatic heterocycles. The summed E-state index contributed by atoms with van der Waals surface area (Å²) in [4.78, 5) is 0. The molecule has 80 valence electrons. The normalized spacial score (nSPS) is 20.7. The molecular formula is C15H10N2. The molecule has 0 saturated heterocycles. The molecule has 0 radical (unpaired) electrons. The third kappa shape index (κ3) is 2.51. The fourth-order valence-electron chi connectivity index (χ4n) is 1.71. The van der Waals surface area contributed by atoms with Gasteiger partial charge in [-0.25, -0.2) is 0 Å². The highest BCUT2D eigenvalue weighted by atomic mass is 14.3. The van der Waals surface area contributed by atoms with Gasteiger partial charge in [-0.05, 0) is 17.6 Å².